The molecule has 44 heavy (non-hydrogen) atoms. The van der Waals surface area contributed by atoms with Gasteiger partial charge in [-0.25, -0.2) is 0 Å². The van der Waals surface area contributed by atoms with Gasteiger partial charge in [0.1, 0.15) is 0 Å². The molecule has 0 aliphatic heterocycles. The number of nitrogen functional groups attached to an aromatic ring is 2. The summed E-state index contributed by atoms with van der Waals surface area (Å²) in [6, 6.07) is 11.2. The Balaban J connectivity index is 1.97. The van der Waals surface area contributed by atoms with Gasteiger partial charge in [-0.1, -0.05) is 45.4 Å². The first-order chi connectivity index (χ1) is 21.0. The topological polar surface area (TPSA) is 139 Å². The summed E-state index contributed by atoms with van der Waals surface area (Å²) >= 11 is -7.17. The molecule has 0 heterocycles. The van der Waals surface area contributed by atoms with Gasteiger partial charge in [-0.05, 0) is 0 Å². The van der Waals surface area contributed by atoms with Crippen molar-refractivity contribution in [2.24, 2.45) is 0 Å². The minimum absolute atomic E-state index is 0.0781. The van der Waals surface area contributed by atoms with Crippen molar-refractivity contribution in [3.05, 3.63) is 59.7 Å². The Morgan fingerprint density at radius 3 is 1.30 bits per heavy atom. The SMILES string of the molecule is CCCCCCCCCCCCCCCCCC(=O)[O][Ti](=[O])([O]C(C)C)([C](=O)c1ccc(N)cc1)[C](=O)c1ccc(N)cc1. The molecule has 9 heteroatoms. The zero-order chi connectivity index (χ0) is 32.5. The predicted octanol–water partition coefficient (Wildman–Crippen LogP) is 8.93. The Labute approximate surface area is 265 Å². The van der Waals surface area contributed by atoms with Gasteiger partial charge < -0.3 is 0 Å². The molecule has 0 amide bonds. The van der Waals surface area contributed by atoms with Crippen LogP contribution in [0.2, 0.25) is 0 Å². The van der Waals surface area contributed by atoms with E-state index < -0.39 is 36.3 Å². The number of hydrogen-bond acceptors (Lipinski definition) is 8. The van der Waals surface area contributed by atoms with Gasteiger partial charge in [-0.15, -0.1) is 0 Å². The predicted molar refractivity (Wildman–Crippen MR) is 173 cm³/mol. The van der Waals surface area contributed by atoms with E-state index in [1.54, 1.807) is 0 Å². The van der Waals surface area contributed by atoms with E-state index in [0.717, 1.165) is 25.7 Å². The zero-order valence-corrected chi connectivity index (χ0v) is 28.7. The van der Waals surface area contributed by atoms with E-state index in [1.165, 1.54) is 127 Å². The van der Waals surface area contributed by atoms with Crippen LogP contribution in [0.1, 0.15) is 144 Å². The molecule has 0 radical (unpaired) electrons. The van der Waals surface area contributed by atoms with Crippen LogP contribution in [0.25, 0.3) is 0 Å². The van der Waals surface area contributed by atoms with Gasteiger partial charge >= 0.3 is 221 Å². The zero-order valence-electron chi connectivity index (χ0n) is 27.1. The standard InChI is InChI=1S/C18H36O2.2C7H6NO.C3H7O.O.Ti/c1-2-3-4-5-6-7-8-9-10-11-12-13-14-15-16-17-18(19)20;2*8-7-3-1-6(5-9)2-4-7;1-3(2)4;;/h2-17H2,1H3,(H,19,20);2*1-4H,8H2;3H,1-2H3;;/q;;;-1;;+2/p-1. The van der Waals surface area contributed by atoms with Crippen LogP contribution in [0.5, 0.6) is 0 Å². The van der Waals surface area contributed by atoms with E-state index in [0.29, 0.717) is 17.8 Å². The number of anilines is 2. The second kappa shape index (κ2) is 19.0. The summed E-state index contributed by atoms with van der Waals surface area (Å²) in [6.45, 7) is 5.32. The third kappa shape index (κ3) is 11.7. The number of carbonyl (C=O) groups excluding carboxylic acids is 3. The van der Waals surface area contributed by atoms with E-state index in [1.807, 2.05) is 0 Å². The molecule has 2 aromatic rings. The van der Waals surface area contributed by atoms with Crippen LogP contribution < -0.4 is 11.5 Å². The summed E-state index contributed by atoms with van der Waals surface area (Å²) in [5.41, 5.74) is 12.1. The molecule has 0 unspecified atom stereocenters. The van der Waals surface area contributed by atoms with E-state index in [-0.39, 0.29) is 17.5 Å². The molecule has 0 aliphatic rings. The molecule has 0 bridgehead atoms. The van der Waals surface area contributed by atoms with Crippen LogP contribution in [-0.4, -0.2) is 20.2 Å². The quantitative estimate of drug-likeness (QED) is 0.0693. The van der Waals surface area contributed by atoms with Gasteiger partial charge in [0.15, 0.2) is 0 Å². The Hall–Kier alpha value is -2.68. The van der Waals surface area contributed by atoms with Crippen LogP contribution >= 0.6 is 0 Å². The first-order valence-corrected chi connectivity index (χ1v) is 20.1. The summed E-state index contributed by atoms with van der Waals surface area (Å²) in [7, 11) is 0. The van der Waals surface area contributed by atoms with Gasteiger partial charge in [0.25, 0.3) is 0 Å². The molecule has 8 nitrogen and oxygen atoms in total. The number of hydrogen-bond donors (Lipinski definition) is 2. The summed E-state index contributed by atoms with van der Waals surface area (Å²) in [5.74, 6) is -0.889. The van der Waals surface area contributed by atoms with Crippen molar-refractivity contribution in [3.8, 4) is 0 Å². The van der Waals surface area contributed by atoms with Crippen molar-refractivity contribution < 1.29 is 40.4 Å². The number of nitrogens with two attached hydrogens (primary N) is 2. The number of unbranched alkanes of at least 4 members (excludes halogenated alkanes) is 14. The molecule has 0 spiro atoms. The van der Waals surface area contributed by atoms with E-state index in [9.17, 15) is 17.7 Å². The van der Waals surface area contributed by atoms with Crippen LogP contribution in [0.3, 0.4) is 0 Å². The average Bonchev–Trinajstić information content (AvgIpc) is 2.99. The van der Waals surface area contributed by atoms with Crippen LogP contribution in [-0.2, 0) is 30.8 Å². The monoisotopic (exact) mass is 646 g/mol. The number of carbonyl (C=O) groups is 3. The fraction of sp³-hybridized carbons (Fsp3) is 0.571. The minimum atomic E-state index is -7.17. The molecule has 0 saturated heterocycles. The van der Waals surface area contributed by atoms with Crippen molar-refractivity contribution in [2.75, 3.05) is 11.5 Å². The molecule has 0 aromatic heterocycles. The Morgan fingerprint density at radius 2 is 0.955 bits per heavy atom. The van der Waals surface area contributed by atoms with Crippen molar-refractivity contribution in [1.82, 2.24) is 0 Å². The van der Waals surface area contributed by atoms with E-state index in [4.69, 9.17) is 18.1 Å². The maximum atomic E-state index is 15.0. The molecule has 0 atom stereocenters. The van der Waals surface area contributed by atoms with Crippen LogP contribution in [0.4, 0.5) is 11.4 Å². The molecule has 2 aromatic carbocycles. The van der Waals surface area contributed by atoms with E-state index >= 15 is 0 Å². The van der Waals surface area contributed by atoms with Gasteiger partial charge in [-0.3, -0.25) is 0 Å². The van der Waals surface area contributed by atoms with Gasteiger partial charge in [0, 0.05) is 0 Å². The summed E-state index contributed by atoms with van der Waals surface area (Å²) in [5, 5.41) is 0. The number of benzene rings is 2. The van der Waals surface area contributed by atoms with Crippen LogP contribution in [0.15, 0.2) is 48.5 Å². The molecule has 0 aliphatic carbocycles. The van der Waals surface area contributed by atoms with Crippen molar-refractivity contribution in [2.45, 2.75) is 130 Å². The average molecular weight is 647 g/mol. The van der Waals surface area contributed by atoms with Gasteiger partial charge in [0.2, 0.25) is 0 Å². The van der Waals surface area contributed by atoms with Crippen molar-refractivity contribution >= 4 is 25.5 Å². The molecule has 4 N–H and O–H groups in total. The summed E-state index contributed by atoms with van der Waals surface area (Å²) < 4.78 is 24.0. The first-order valence-electron chi connectivity index (χ1n) is 16.6. The fourth-order valence-electron chi connectivity index (χ4n) is 5.42. The first kappa shape index (κ1) is 37.5. The van der Waals surface area contributed by atoms with Crippen molar-refractivity contribution in [1.29, 1.82) is 0 Å². The Bertz CT molecular complexity index is 1180. The molecular weight excluding hydrogens is 592 g/mol. The van der Waals surface area contributed by atoms with E-state index in [2.05, 4.69) is 6.92 Å². The molecule has 2 rings (SSSR count). The van der Waals surface area contributed by atoms with Crippen LogP contribution in [0, 0.1) is 0 Å². The second-order valence-electron chi connectivity index (χ2n) is 12.2. The fourth-order valence-corrected chi connectivity index (χ4v) is 10.7. The van der Waals surface area contributed by atoms with Crippen molar-refractivity contribution in [3.63, 3.8) is 0 Å². The van der Waals surface area contributed by atoms with Gasteiger partial charge in [0.05, 0.1) is 0 Å². The third-order valence-electron chi connectivity index (χ3n) is 7.86. The Kier molecular flexibility index (Phi) is 16.2. The Morgan fingerprint density at radius 1 is 0.614 bits per heavy atom. The number of rotatable bonds is 23. The van der Waals surface area contributed by atoms with Gasteiger partial charge in [-0.2, -0.15) is 0 Å². The summed E-state index contributed by atoms with van der Waals surface area (Å²) in [4.78, 5) is 41.1. The molecule has 244 valence electrons. The second-order valence-corrected chi connectivity index (χ2v) is 17.4. The third-order valence-corrected chi connectivity index (χ3v) is 13.5. The normalized spacial score (nSPS) is 11.9. The maximum absolute atomic E-state index is 15.0. The summed E-state index contributed by atoms with van der Waals surface area (Å²) in [6.07, 6.45) is 16.7. The molecular formula is C35H54N2O6Ti. The molecule has 0 fully saturated rings. The molecule has 0 saturated carbocycles.